The standard InChI is InChI=1S/C28H31NO4/c1-18(2)27(31)24-6-4-5-7-26(24)33-28(32)23-15-14-22(17-25(23)30)13-10-20-8-11-21(12-9-20)16-19(3)29/h4-9,11-12,14-15,17-19,30H,10,13,16,29H2,1-3H3. The molecule has 0 aromatic heterocycles. The molecule has 3 aromatic rings. The average molecular weight is 446 g/mol. The number of benzene rings is 3. The number of rotatable bonds is 9. The predicted molar refractivity (Wildman–Crippen MR) is 130 cm³/mol. The average Bonchev–Trinajstić information content (AvgIpc) is 2.78. The summed E-state index contributed by atoms with van der Waals surface area (Å²) in [5.41, 5.74) is 9.58. The summed E-state index contributed by atoms with van der Waals surface area (Å²) >= 11 is 0. The molecule has 1 unspecified atom stereocenters. The molecule has 3 aromatic carbocycles. The van der Waals surface area contributed by atoms with E-state index in [2.05, 4.69) is 24.3 Å². The van der Waals surface area contributed by atoms with E-state index in [-0.39, 0.29) is 34.8 Å². The van der Waals surface area contributed by atoms with Crippen LogP contribution in [0.1, 0.15) is 58.2 Å². The number of ether oxygens (including phenoxy) is 1. The van der Waals surface area contributed by atoms with Crippen LogP contribution in [0.2, 0.25) is 0 Å². The summed E-state index contributed by atoms with van der Waals surface area (Å²) in [5, 5.41) is 10.4. The summed E-state index contributed by atoms with van der Waals surface area (Å²) in [6, 6.07) is 20.1. The van der Waals surface area contributed by atoms with Gasteiger partial charge in [-0.3, -0.25) is 4.79 Å². The predicted octanol–water partition coefficient (Wildman–Crippen LogP) is 5.13. The van der Waals surface area contributed by atoms with Crippen LogP contribution in [0.4, 0.5) is 0 Å². The van der Waals surface area contributed by atoms with Crippen LogP contribution in [0.15, 0.2) is 66.7 Å². The van der Waals surface area contributed by atoms with Crippen molar-refractivity contribution in [3.8, 4) is 11.5 Å². The van der Waals surface area contributed by atoms with E-state index in [0.717, 1.165) is 24.8 Å². The molecular weight excluding hydrogens is 414 g/mol. The summed E-state index contributed by atoms with van der Waals surface area (Å²) in [6.07, 6.45) is 2.38. The van der Waals surface area contributed by atoms with Crippen molar-refractivity contribution in [2.45, 2.75) is 46.1 Å². The SMILES string of the molecule is CC(N)Cc1ccc(CCc2ccc(C(=O)Oc3ccccc3C(=O)C(C)C)c(O)c2)cc1. The highest BCUT2D eigenvalue weighted by atomic mass is 16.5. The molecule has 3 N–H and O–H groups in total. The van der Waals surface area contributed by atoms with Crippen molar-refractivity contribution < 1.29 is 19.4 Å². The molecule has 3 rings (SSSR count). The maximum atomic E-state index is 12.7. The fraction of sp³-hybridized carbons (Fsp3) is 0.286. The summed E-state index contributed by atoms with van der Waals surface area (Å²) in [4.78, 5) is 25.1. The van der Waals surface area contributed by atoms with Crippen molar-refractivity contribution in [1.82, 2.24) is 0 Å². The van der Waals surface area contributed by atoms with Gasteiger partial charge in [0.05, 0.1) is 5.56 Å². The summed E-state index contributed by atoms with van der Waals surface area (Å²) in [7, 11) is 0. The third-order valence-corrected chi connectivity index (χ3v) is 5.44. The fourth-order valence-corrected chi connectivity index (χ4v) is 3.63. The van der Waals surface area contributed by atoms with E-state index < -0.39 is 5.97 Å². The van der Waals surface area contributed by atoms with Crippen LogP contribution < -0.4 is 10.5 Å². The lowest BCUT2D eigenvalue weighted by atomic mass is 10.00. The molecule has 172 valence electrons. The highest BCUT2D eigenvalue weighted by Gasteiger charge is 2.20. The number of aromatic hydroxyl groups is 1. The second kappa shape index (κ2) is 10.9. The Morgan fingerprint density at radius 3 is 2.09 bits per heavy atom. The summed E-state index contributed by atoms with van der Waals surface area (Å²) < 4.78 is 5.46. The largest absolute Gasteiger partial charge is 0.507 e. The molecule has 5 heteroatoms. The number of phenolic OH excluding ortho intramolecular Hbond substituents is 1. The number of aryl methyl sites for hydroxylation is 2. The number of carbonyl (C=O) groups is 2. The van der Waals surface area contributed by atoms with Gasteiger partial charge >= 0.3 is 5.97 Å². The van der Waals surface area contributed by atoms with Gasteiger partial charge < -0.3 is 15.6 Å². The first kappa shape index (κ1) is 24.2. The van der Waals surface area contributed by atoms with E-state index in [1.54, 1.807) is 50.2 Å². The number of Topliss-reactive ketones (excluding diaryl/α,β-unsaturated/α-hetero) is 1. The molecule has 0 aliphatic rings. The first-order chi connectivity index (χ1) is 15.7. The number of hydrogen-bond acceptors (Lipinski definition) is 5. The van der Waals surface area contributed by atoms with Gasteiger partial charge in [-0.15, -0.1) is 0 Å². The summed E-state index contributed by atoms with van der Waals surface area (Å²) in [6.45, 7) is 5.57. The van der Waals surface area contributed by atoms with E-state index in [1.807, 2.05) is 13.0 Å². The van der Waals surface area contributed by atoms with Crippen molar-refractivity contribution in [1.29, 1.82) is 0 Å². The molecular formula is C28H31NO4. The van der Waals surface area contributed by atoms with Crippen LogP contribution in [0, 0.1) is 5.92 Å². The number of phenols is 1. The van der Waals surface area contributed by atoms with Gasteiger partial charge in [0.15, 0.2) is 5.78 Å². The lowest BCUT2D eigenvalue weighted by Gasteiger charge is -2.12. The highest BCUT2D eigenvalue weighted by Crippen LogP contribution is 2.26. The molecule has 0 saturated carbocycles. The number of carbonyl (C=O) groups excluding carboxylic acids is 2. The second-order valence-corrected chi connectivity index (χ2v) is 8.75. The maximum absolute atomic E-state index is 12.7. The van der Waals surface area contributed by atoms with Crippen molar-refractivity contribution >= 4 is 11.8 Å². The number of hydrogen-bond donors (Lipinski definition) is 2. The van der Waals surface area contributed by atoms with Crippen LogP contribution in [0.5, 0.6) is 11.5 Å². The Kier molecular flexibility index (Phi) is 8.01. The van der Waals surface area contributed by atoms with Gasteiger partial charge in [-0.25, -0.2) is 4.79 Å². The van der Waals surface area contributed by atoms with Crippen molar-refractivity contribution in [2.24, 2.45) is 11.7 Å². The minimum atomic E-state index is -0.701. The zero-order valence-corrected chi connectivity index (χ0v) is 19.4. The lowest BCUT2D eigenvalue weighted by Crippen LogP contribution is -2.17. The number of ketones is 1. The Balaban J connectivity index is 1.66. The molecule has 0 bridgehead atoms. The van der Waals surface area contributed by atoms with Crippen molar-refractivity contribution in [3.05, 3.63) is 94.5 Å². The van der Waals surface area contributed by atoms with Crippen molar-refractivity contribution in [3.63, 3.8) is 0 Å². The molecule has 0 saturated heterocycles. The Hall–Kier alpha value is -3.44. The molecule has 0 spiro atoms. The van der Waals surface area contributed by atoms with Gasteiger partial charge in [-0.1, -0.05) is 56.3 Å². The van der Waals surface area contributed by atoms with Crippen LogP contribution >= 0.6 is 0 Å². The van der Waals surface area contributed by atoms with Crippen LogP contribution in [-0.4, -0.2) is 22.9 Å². The third kappa shape index (κ3) is 6.53. The quantitative estimate of drug-likeness (QED) is 0.271. The monoisotopic (exact) mass is 445 g/mol. The highest BCUT2D eigenvalue weighted by molar-refractivity contribution is 6.01. The molecule has 0 fully saturated rings. The zero-order valence-electron chi connectivity index (χ0n) is 19.4. The van der Waals surface area contributed by atoms with E-state index in [1.165, 1.54) is 11.1 Å². The Bertz CT molecular complexity index is 1120. The minimum absolute atomic E-state index is 0.0609. The smallest absolute Gasteiger partial charge is 0.347 e. The van der Waals surface area contributed by atoms with Gasteiger partial charge in [0.1, 0.15) is 17.1 Å². The van der Waals surface area contributed by atoms with Gasteiger partial charge in [-0.2, -0.15) is 0 Å². The van der Waals surface area contributed by atoms with Crippen LogP contribution in [0.25, 0.3) is 0 Å². The fourth-order valence-electron chi connectivity index (χ4n) is 3.63. The van der Waals surface area contributed by atoms with Gasteiger partial charge in [-0.05, 0) is 67.1 Å². The minimum Gasteiger partial charge on any atom is -0.507 e. The molecule has 0 aliphatic heterocycles. The van der Waals surface area contributed by atoms with Crippen LogP contribution in [-0.2, 0) is 19.3 Å². The van der Waals surface area contributed by atoms with E-state index >= 15 is 0 Å². The Morgan fingerprint density at radius 1 is 0.848 bits per heavy atom. The van der Waals surface area contributed by atoms with E-state index in [9.17, 15) is 14.7 Å². The number of nitrogens with two attached hydrogens (primary N) is 1. The first-order valence-corrected chi connectivity index (χ1v) is 11.2. The molecule has 33 heavy (non-hydrogen) atoms. The third-order valence-electron chi connectivity index (χ3n) is 5.44. The van der Waals surface area contributed by atoms with Gasteiger partial charge in [0.2, 0.25) is 0 Å². The lowest BCUT2D eigenvalue weighted by molar-refractivity contribution is 0.0728. The number of para-hydroxylation sites is 1. The molecule has 0 aliphatic carbocycles. The zero-order chi connectivity index (χ0) is 24.0. The first-order valence-electron chi connectivity index (χ1n) is 11.2. The van der Waals surface area contributed by atoms with Gasteiger partial charge in [0, 0.05) is 12.0 Å². The molecule has 5 nitrogen and oxygen atoms in total. The molecule has 0 radical (unpaired) electrons. The normalized spacial score (nSPS) is 11.9. The maximum Gasteiger partial charge on any atom is 0.347 e. The van der Waals surface area contributed by atoms with E-state index in [0.29, 0.717) is 5.56 Å². The molecule has 0 amide bonds. The second-order valence-electron chi connectivity index (χ2n) is 8.75. The molecule has 0 heterocycles. The van der Waals surface area contributed by atoms with E-state index in [4.69, 9.17) is 10.5 Å². The topological polar surface area (TPSA) is 89.6 Å². The van der Waals surface area contributed by atoms with Gasteiger partial charge in [0.25, 0.3) is 0 Å². The number of esters is 1. The van der Waals surface area contributed by atoms with Crippen LogP contribution in [0.3, 0.4) is 0 Å². The summed E-state index contributed by atoms with van der Waals surface area (Å²) in [5.74, 6) is -0.983. The van der Waals surface area contributed by atoms with Crippen molar-refractivity contribution in [2.75, 3.05) is 0 Å². The Morgan fingerprint density at radius 2 is 1.45 bits per heavy atom. The Labute approximate surface area is 195 Å². The molecule has 1 atom stereocenters.